The number of hydrogen-bond donors (Lipinski definition) is 3. The molecule has 0 fully saturated rings. The van der Waals surface area contributed by atoms with Crippen LogP contribution in [0.5, 0.6) is 0 Å². The van der Waals surface area contributed by atoms with Gasteiger partial charge in [-0.15, -0.1) is 0 Å². The Kier molecular flexibility index (Phi) is 7.19. The summed E-state index contributed by atoms with van der Waals surface area (Å²) in [7, 11) is 0. The first-order chi connectivity index (χ1) is 12.1. The van der Waals surface area contributed by atoms with E-state index in [9.17, 15) is 9.59 Å². The van der Waals surface area contributed by atoms with Gasteiger partial charge in [0, 0.05) is 25.1 Å². The molecule has 2 aliphatic rings. The quantitative estimate of drug-likeness (QED) is 0.576. The molecule has 0 aromatic heterocycles. The van der Waals surface area contributed by atoms with E-state index in [1.807, 2.05) is 0 Å². The molecule has 1 atom stereocenters. The van der Waals surface area contributed by atoms with Crippen LogP contribution in [0.25, 0.3) is 0 Å². The smallest absolute Gasteiger partial charge is 0.328 e. The molecule has 6 nitrogen and oxygen atoms in total. The van der Waals surface area contributed by atoms with E-state index in [0.717, 1.165) is 19.5 Å². The van der Waals surface area contributed by atoms with Crippen LogP contribution in [-0.2, 0) is 16.0 Å². The predicted molar refractivity (Wildman–Crippen MR) is 96.1 cm³/mol. The summed E-state index contributed by atoms with van der Waals surface area (Å²) in [5.41, 5.74) is 3.13. The number of benzene rings is 1. The Balaban J connectivity index is 0.000000242. The number of amidine groups is 1. The number of aryl methyl sites for hydroxylation is 1. The molecule has 0 radical (unpaired) electrons. The maximum absolute atomic E-state index is 9.55. The Morgan fingerprint density at radius 3 is 2.52 bits per heavy atom. The lowest BCUT2D eigenvalue weighted by Gasteiger charge is -2.17. The molecule has 1 aromatic rings. The normalized spacial score (nSPS) is 19.0. The van der Waals surface area contributed by atoms with E-state index in [4.69, 9.17) is 10.2 Å². The Morgan fingerprint density at radius 1 is 1.16 bits per heavy atom. The Labute approximate surface area is 147 Å². The van der Waals surface area contributed by atoms with Crippen molar-refractivity contribution in [2.75, 3.05) is 13.1 Å². The summed E-state index contributed by atoms with van der Waals surface area (Å²) in [5, 5.41) is 19.0. The number of nitrogens with one attached hydrogen (secondary N) is 1. The lowest BCUT2D eigenvalue weighted by Crippen LogP contribution is -2.21. The molecule has 3 N–H and O–H groups in total. The highest BCUT2D eigenvalue weighted by Crippen LogP contribution is 2.33. The zero-order valence-electron chi connectivity index (χ0n) is 14.1. The minimum atomic E-state index is -1.26. The van der Waals surface area contributed by atoms with Crippen LogP contribution in [0.3, 0.4) is 0 Å². The second kappa shape index (κ2) is 9.61. The van der Waals surface area contributed by atoms with Gasteiger partial charge < -0.3 is 15.5 Å². The van der Waals surface area contributed by atoms with E-state index in [1.54, 1.807) is 11.1 Å². The number of rotatable bonds is 4. The predicted octanol–water partition coefficient (Wildman–Crippen LogP) is 2.60. The molecule has 1 heterocycles. The van der Waals surface area contributed by atoms with Crippen LogP contribution in [0.4, 0.5) is 0 Å². The summed E-state index contributed by atoms with van der Waals surface area (Å²) in [6.45, 7) is 1.99. The molecule has 0 spiro atoms. The van der Waals surface area contributed by atoms with Gasteiger partial charge in [-0.1, -0.05) is 30.7 Å². The topological polar surface area (TPSA) is 99.0 Å². The van der Waals surface area contributed by atoms with Crippen LogP contribution in [0.2, 0.25) is 0 Å². The SMILES string of the molecule is O=C(O)C=CC(=O)O.c1ccc2c(c1)CCCCC2CC1=NCCN1. The largest absolute Gasteiger partial charge is 0.478 e. The van der Waals surface area contributed by atoms with E-state index >= 15 is 0 Å². The first kappa shape index (κ1) is 18.7. The molecule has 0 saturated carbocycles. The highest BCUT2D eigenvalue weighted by molar-refractivity contribution is 5.89. The van der Waals surface area contributed by atoms with Crippen LogP contribution in [-0.4, -0.2) is 41.1 Å². The number of carbonyl (C=O) groups is 2. The van der Waals surface area contributed by atoms with Crippen LogP contribution in [0.15, 0.2) is 41.4 Å². The maximum atomic E-state index is 9.55. The third kappa shape index (κ3) is 6.41. The molecule has 1 aliphatic heterocycles. The van der Waals surface area contributed by atoms with Crippen LogP contribution in [0, 0.1) is 0 Å². The monoisotopic (exact) mass is 344 g/mol. The second-order valence-electron chi connectivity index (χ2n) is 6.11. The van der Waals surface area contributed by atoms with Gasteiger partial charge in [0.25, 0.3) is 0 Å². The van der Waals surface area contributed by atoms with Gasteiger partial charge in [-0.05, 0) is 36.3 Å². The standard InChI is InChI=1S/C15H20N2.C4H4O4/c1-2-7-13(11-15-16-9-10-17-15)14-8-4-3-6-12(14)5-1;5-3(6)1-2-4(7)8/h3-4,6,8,13H,1-2,5,7,9-11H2,(H,16,17);1-2H,(H,5,6)(H,7,8). The average Bonchev–Trinajstić information content (AvgIpc) is 3.01. The Bertz CT molecular complexity index is 651. The van der Waals surface area contributed by atoms with Gasteiger partial charge in [0.2, 0.25) is 0 Å². The van der Waals surface area contributed by atoms with Crippen molar-refractivity contribution < 1.29 is 19.8 Å². The van der Waals surface area contributed by atoms with Gasteiger partial charge in [-0.3, -0.25) is 4.99 Å². The molecule has 6 heteroatoms. The number of hydrogen-bond acceptors (Lipinski definition) is 4. The van der Waals surface area contributed by atoms with Gasteiger partial charge in [-0.2, -0.15) is 0 Å². The van der Waals surface area contributed by atoms with Crippen LogP contribution in [0.1, 0.15) is 42.7 Å². The van der Waals surface area contributed by atoms with E-state index in [2.05, 4.69) is 34.6 Å². The van der Waals surface area contributed by atoms with Crippen molar-refractivity contribution in [2.45, 2.75) is 38.0 Å². The lowest BCUT2D eigenvalue weighted by atomic mass is 9.89. The average molecular weight is 344 g/mol. The molecule has 0 amide bonds. The summed E-state index contributed by atoms with van der Waals surface area (Å²) in [6.07, 6.45) is 7.49. The highest BCUT2D eigenvalue weighted by atomic mass is 16.4. The Morgan fingerprint density at radius 2 is 1.88 bits per heavy atom. The fourth-order valence-electron chi connectivity index (χ4n) is 3.19. The minimum absolute atomic E-state index is 0.558. The first-order valence-corrected chi connectivity index (χ1v) is 8.55. The summed E-state index contributed by atoms with van der Waals surface area (Å²) in [4.78, 5) is 23.6. The number of fused-ring (bicyclic) bond motifs is 1. The zero-order valence-corrected chi connectivity index (χ0v) is 14.1. The van der Waals surface area contributed by atoms with Crippen molar-refractivity contribution in [3.05, 3.63) is 47.5 Å². The minimum Gasteiger partial charge on any atom is -0.478 e. The molecule has 0 bridgehead atoms. The first-order valence-electron chi connectivity index (χ1n) is 8.55. The van der Waals surface area contributed by atoms with E-state index in [-0.39, 0.29) is 0 Å². The maximum Gasteiger partial charge on any atom is 0.328 e. The molecule has 1 aromatic carbocycles. The number of aliphatic imine (C=N–C) groups is 1. The summed E-state index contributed by atoms with van der Waals surface area (Å²) >= 11 is 0. The van der Waals surface area contributed by atoms with Gasteiger partial charge >= 0.3 is 11.9 Å². The van der Waals surface area contributed by atoms with Crippen LogP contribution < -0.4 is 5.32 Å². The van der Waals surface area contributed by atoms with E-state index in [0.29, 0.717) is 18.1 Å². The lowest BCUT2D eigenvalue weighted by molar-refractivity contribution is -0.134. The van der Waals surface area contributed by atoms with Gasteiger partial charge in [0.05, 0.1) is 12.4 Å². The van der Waals surface area contributed by atoms with Gasteiger partial charge in [0.1, 0.15) is 0 Å². The Hall–Kier alpha value is -2.63. The fraction of sp³-hybridized carbons (Fsp3) is 0.421. The number of carboxylic acid groups (broad SMARTS) is 2. The molecule has 1 aliphatic carbocycles. The molecule has 1 unspecified atom stereocenters. The third-order valence-corrected chi connectivity index (χ3v) is 4.30. The van der Waals surface area contributed by atoms with Crippen molar-refractivity contribution in [3.63, 3.8) is 0 Å². The van der Waals surface area contributed by atoms with Gasteiger partial charge in [0.15, 0.2) is 0 Å². The molecule has 25 heavy (non-hydrogen) atoms. The molecular formula is C19H24N2O4. The van der Waals surface area contributed by atoms with Crippen molar-refractivity contribution in [1.29, 1.82) is 0 Å². The highest BCUT2D eigenvalue weighted by Gasteiger charge is 2.20. The third-order valence-electron chi connectivity index (χ3n) is 4.30. The second-order valence-corrected chi connectivity index (χ2v) is 6.11. The van der Waals surface area contributed by atoms with Crippen molar-refractivity contribution >= 4 is 17.8 Å². The zero-order chi connectivity index (χ0) is 18.1. The number of aliphatic carboxylic acids is 2. The summed E-state index contributed by atoms with van der Waals surface area (Å²) in [6, 6.07) is 8.98. The molecule has 134 valence electrons. The molecule has 0 saturated heterocycles. The van der Waals surface area contributed by atoms with E-state index < -0.39 is 11.9 Å². The van der Waals surface area contributed by atoms with Crippen LogP contribution >= 0.6 is 0 Å². The number of carboxylic acids is 2. The molecule has 3 rings (SSSR count). The summed E-state index contributed by atoms with van der Waals surface area (Å²) < 4.78 is 0. The number of nitrogens with zero attached hydrogens (tertiary/aromatic N) is 1. The van der Waals surface area contributed by atoms with Crippen molar-refractivity contribution in [1.82, 2.24) is 5.32 Å². The van der Waals surface area contributed by atoms with E-state index in [1.165, 1.54) is 31.5 Å². The fourth-order valence-corrected chi connectivity index (χ4v) is 3.19. The molecular weight excluding hydrogens is 320 g/mol. The van der Waals surface area contributed by atoms with Gasteiger partial charge in [-0.25, -0.2) is 9.59 Å². The summed E-state index contributed by atoms with van der Waals surface area (Å²) in [5.74, 6) is -0.607. The van der Waals surface area contributed by atoms with Crippen molar-refractivity contribution in [2.24, 2.45) is 4.99 Å². The van der Waals surface area contributed by atoms with Crippen molar-refractivity contribution in [3.8, 4) is 0 Å².